The van der Waals surface area contributed by atoms with Gasteiger partial charge < -0.3 is 15.2 Å². The molecule has 22 heavy (non-hydrogen) atoms. The van der Waals surface area contributed by atoms with Crippen LogP contribution in [-0.2, 0) is 4.74 Å². The fourth-order valence-electron chi connectivity index (χ4n) is 2.97. The Kier molecular flexibility index (Phi) is 5.19. The van der Waals surface area contributed by atoms with E-state index in [1.165, 1.54) is 6.07 Å². The largest absolute Gasteiger partial charge is 0.478 e. The van der Waals surface area contributed by atoms with Crippen LogP contribution in [0, 0.1) is 18.8 Å². The molecule has 1 heterocycles. The summed E-state index contributed by atoms with van der Waals surface area (Å²) in [5.74, 6) is -0.530. The molecule has 0 aromatic heterocycles. The summed E-state index contributed by atoms with van der Waals surface area (Å²) < 4.78 is 5.71. The summed E-state index contributed by atoms with van der Waals surface area (Å²) in [7, 11) is 0. The number of rotatable bonds is 5. The van der Waals surface area contributed by atoms with Gasteiger partial charge in [-0.15, -0.1) is 0 Å². The van der Waals surface area contributed by atoms with Gasteiger partial charge in [-0.3, -0.25) is 4.79 Å². The van der Waals surface area contributed by atoms with E-state index in [4.69, 9.17) is 9.84 Å². The second-order valence-electron chi connectivity index (χ2n) is 6.23. The van der Waals surface area contributed by atoms with Crippen molar-refractivity contribution in [2.75, 3.05) is 13.2 Å². The van der Waals surface area contributed by atoms with E-state index >= 15 is 0 Å². The third kappa shape index (κ3) is 3.85. The van der Waals surface area contributed by atoms with Gasteiger partial charge in [0, 0.05) is 24.6 Å². The molecule has 0 saturated carbocycles. The summed E-state index contributed by atoms with van der Waals surface area (Å²) in [5.41, 5.74) is 1.28. The number of aromatic carboxylic acids is 1. The lowest BCUT2D eigenvalue weighted by atomic mass is 9.93. The number of amides is 1. The average Bonchev–Trinajstić information content (AvgIpc) is 2.92. The first-order valence-electron chi connectivity index (χ1n) is 7.63. The number of hydrogen-bond acceptors (Lipinski definition) is 3. The first-order chi connectivity index (χ1) is 10.4. The van der Waals surface area contributed by atoms with Crippen molar-refractivity contribution in [1.29, 1.82) is 0 Å². The molecule has 1 fully saturated rings. The highest BCUT2D eigenvalue weighted by Crippen LogP contribution is 2.26. The zero-order valence-electron chi connectivity index (χ0n) is 13.3. The molecule has 2 rings (SSSR count). The van der Waals surface area contributed by atoms with E-state index in [-0.39, 0.29) is 17.6 Å². The van der Waals surface area contributed by atoms with Crippen molar-refractivity contribution >= 4 is 11.9 Å². The average molecular weight is 305 g/mol. The molecule has 1 saturated heterocycles. The predicted octanol–water partition coefficient (Wildman–Crippen LogP) is 2.48. The highest BCUT2D eigenvalue weighted by molar-refractivity contribution is 5.97. The van der Waals surface area contributed by atoms with Crippen molar-refractivity contribution < 1.29 is 19.4 Å². The number of aryl methyl sites for hydroxylation is 1. The van der Waals surface area contributed by atoms with Crippen molar-refractivity contribution in [2.45, 2.75) is 33.3 Å². The van der Waals surface area contributed by atoms with Crippen LogP contribution in [-0.4, -0.2) is 36.2 Å². The molecule has 5 heteroatoms. The summed E-state index contributed by atoms with van der Waals surface area (Å²) >= 11 is 0. The van der Waals surface area contributed by atoms with Crippen molar-refractivity contribution in [2.24, 2.45) is 11.8 Å². The standard InChI is InChI=1S/C17H23NO4/c1-10(2)15-12(4-5-22-15)9-18-16(19)13-6-11(3)7-14(8-13)17(20)21/h6-8,10,12,15H,4-5,9H2,1-3H3,(H,18,19)(H,20,21). The molecule has 0 aliphatic carbocycles. The van der Waals surface area contributed by atoms with Gasteiger partial charge in [0.05, 0.1) is 11.7 Å². The highest BCUT2D eigenvalue weighted by atomic mass is 16.5. The molecule has 0 bridgehead atoms. The normalized spacial score (nSPS) is 21.1. The summed E-state index contributed by atoms with van der Waals surface area (Å²) in [6.07, 6.45) is 1.12. The van der Waals surface area contributed by atoms with E-state index in [1.807, 2.05) is 0 Å². The summed E-state index contributed by atoms with van der Waals surface area (Å²) in [5, 5.41) is 12.0. The number of hydrogen-bond donors (Lipinski definition) is 2. The monoisotopic (exact) mass is 305 g/mol. The molecule has 1 amide bonds. The molecule has 1 aromatic carbocycles. The molecule has 1 aliphatic heterocycles. The SMILES string of the molecule is Cc1cc(C(=O)O)cc(C(=O)NCC2CCOC2C(C)C)c1. The lowest BCUT2D eigenvalue weighted by Crippen LogP contribution is -2.35. The minimum Gasteiger partial charge on any atom is -0.478 e. The highest BCUT2D eigenvalue weighted by Gasteiger charge is 2.30. The number of carboxylic acids is 1. The van der Waals surface area contributed by atoms with Gasteiger partial charge in [-0.2, -0.15) is 0 Å². The van der Waals surface area contributed by atoms with E-state index < -0.39 is 5.97 Å². The van der Waals surface area contributed by atoms with Crippen LogP contribution in [0.5, 0.6) is 0 Å². The molecule has 2 unspecified atom stereocenters. The summed E-state index contributed by atoms with van der Waals surface area (Å²) in [6, 6.07) is 4.67. The summed E-state index contributed by atoms with van der Waals surface area (Å²) in [4.78, 5) is 23.3. The Labute approximate surface area is 130 Å². The predicted molar refractivity (Wildman–Crippen MR) is 83.2 cm³/mol. The van der Waals surface area contributed by atoms with Crippen LogP contribution < -0.4 is 5.32 Å². The number of nitrogens with one attached hydrogen (secondary N) is 1. The van der Waals surface area contributed by atoms with Gasteiger partial charge in [-0.25, -0.2) is 4.79 Å². The first-order valence-corrected chi connectivity index (χ1v) is 7.63. The molecule has 2 N–H and O–H groups in total. The second kappa shape index (κ2) is 6.92. The third-order valence-electron chi connectivity index (χ3n) is 4.03. The van der Waals surface area contributed by atoms with Gasteiger partial charge in [0.25, 0.3) is 5.91 Å². The number of carbonyl (C=O) groups is 2. The Bertz CT molecular complexity index is 568. The minimum atomic E-state index is -1.03. The van der Waals surface area contributed by atoms with Crippen LogP contribution in [0.3, 0.4) is 0 Å². The first kappa shape index (κ1) is 16.5. The topological polar surface area (TPSA) is 75.6 Å². The third-order valence-corrected chi connectivity index (χ3v) is 4.03. The van der Waals surface area contributed by atoms with Gasteiger partial charge in [-0.05, 0) is 43.0 Å². The van der Waals surface area contributed by atoms with Gasteiger partial charge in [-0.1, -0.05) is 13.8 Å². The molecule has 1 aromatic rings. The number of carbonyl (C=O) groups excluding carboxylic acids is 1. The lowest BCUT2D eigenvalue weighted by molar-refractivity contribution is 0.0533. The van der Waals surface area contributed by atoms with Crippen LogP contribution in [0.1, 0.15) is 46.5 Å². The Balaban J connectivity index is 2.02. The quantitative estimate of drug-likeness (QED) is 0.876. The van der Waals surface area contributed by atoms with Crippen molar-refractivity contribution in [3.63, 3.8) is 0 Å². The number of ether oxygens (including phenoxy) is 1. The van der Waals surface area contributed by atoms with E-state index in [0.717, 1.165) is 18.6 Å². The van der Waals surface area contributed by atoms with Gasteiger partial charge in [0.2, 0.25) is 0 Å². The van der Waals surface area contributed by atoms with Crippen LogP contribution in [0.2, 0.25) is 0 Å². The lowest BCUT2D eigenvalue weighted by Gasteiger charge is -2.22. The fourth-order valence-corrected chi connectivity index (χ4v) is 2.97. The van der Waals surface area contributed by atoms with Crippen LogP contribution in [0.4, 0.5) is 0 Å². The van der Waals surface area contributed by atoms with Crippen LogP contribution >= 0.6 is 0 Å². The maximum Gasteiger partial charge on any atom is 0.335 e. The fraction of sp³-hybridized carbons (Fsp3) is 0.529. The van der Waals surface area contributed by atoms with E-state index in [1.54, 1.807) is 19.1 Å². The molecule has 5 nitrogen and oxygen atoms in total. The van der Waals surface area contributed by atoms with E-state index in [0.29, 0.717) is 23.9 Å². The number of benzene rings is 1. The zero-order valence-corrected chi connectivity index (χ0v) is 13.3. The van der Waals surface area contributed by atoms with Gasteiger partial charge >= 0.3 is 5.97 Å². The molecule has 0 radical (unpaired) electrons. The van der Waals surface area contributed by atoms with E-state index in [9.17, 15) is 9.59 Å². The Morgan fingerprint density at radius 2 is 2.00 bits per heavy atom. The van der Waals surface area contributed by atoms with Crippen molar-refractivity contribution in [1.82, 2.24) is 5.32 Å². The maximum absolute atomic E-state index is 12.3. The molecule has 1 aliphatic rings. The van der Waals surface area contributed by atoms with E-state index in [2.05, 4.69) is 19.2 Å². The molecule has 120 valence electrons. The zero-order chi connectivity index (χ0) is 16.3. The van der Waals surface area contributed by atoms with Gasteiger partial charge in [0.15, 0.2) is 0 Å². The van der Waals surface area contributed by atoms with Crippen LogP contribution in [0.15, 0.2) is 18.2 Å². The minimum absolute atomic E-state index is 0.134. The molecular weight excluding hydrogens is 282 g/mol. The number of carboxylic acid groups (broad SMARTS) is 1. The van der Waals surface area contributed by atoms with Crippen molar-refractivity contribution in [3.8, 4) is 0 Å². The Morgan fingerprint density at radius 3 is 2.64 bits per heavy atom. The molecular formula is C17H23NO4. The Morgan fingerprint density at radius 1 is 1.32 bits per heavy atom. The van der Waals surface area contributed by atoms with Crippen molar-refractivity contribution in [3.05, 3.63) is 34.9 Å². The second-order valence-corrected chi connectivity index (χ2v) is 6.23. The summed E-state index contributed by atoms with van der Waals surface area (Å²) in [6.45, 7) is 7.30. The smallest absolute Gasteiger partial charge is 0.335 e. The molecule has 0 spiro atoms. The maximum atomic E-state index is 12.3. The van der Waals surface area contributed by atoms with Gasteiger partial charge in [0.1, 0.15) is 0 Å². The Hall–Kier alpha value is -1.88. The molecule has 2 atom stereocenters. The van der Waals surface area contributed by atoms with Crippen LogP contribution in [0.25, 0.3) is 0 Å².